The van der Waals surface area contributed by atoms with Gasteiger partial charge in [-0.05, 0) is 24.3 Å². The van der Waals surface area contributed by atoms with Gasteiger partial charge in [-0.1, -0.05) is 6.58 Å². The highest BCUT2D eigenvalue weighted by molar-refractivity contribution is 5.89. The van der Waals surface area contributed by atoms with Crippen molar-refractivity contribution in [2.45, 2.75) is 0 Å². The predicted molar refractivity (Wildman–Crippen MR) is 43.7 cm³/mol. The molecule has 0 aliphatic heterocycles. The lowest BCUT2D eigenvalue weighted by Gasteiger charge is -1.97. The molecule has 0 spiro atoms. The zero-order valence-corrected chi connectivity index (χ0v) is 6.36. The topological polar surface area (TPSA) is 46.5 Å². The molecule has 12 heavy (non-hydrogen) atoms. The Labute approximate surface area is 69.9 Å². The van der Waals surface area contributed by atoms with E-state index in [9.17, 15) is 4.79 Å². The second-order valence-electron chi connectivity index (χ2n) is 2.12. The molecule has 0 radical (unpaired) electrons. The quantitative estimate of drug-likeness (QED) is 0.534. The van der Waals surface area contributed by atoms with E-state index in [0.29, 0.717) is 5.56 Å². The first-order valence-electron chi connectivity index (χ1n) is 3.35. The summed E-state index contributed by atoms with van der Waals surface area (Å²) in [7, 11) is 0. The molecule has 0 amide bonds. The molecule has 0 aliphatic carbocycles. The average Bonchev–Trinajstić information content (AvgIpc) is 2.06. The van der Waals surface area contributed by atoms with Crippen LogP contribution in [-0.4, -0.2) is 11.1 Å². The highest BCUT2D eigenvalue weighted by Gasteiger charge is 2.03. The Balaban J connectivity index is 2.82. The van der Waals surface area contributed by atoms with Crippen molar-refractivity contribution in [1.29, 1.82) is 0 Å². The number of esters is 1. The monoisotopic (exact) mass is 164 g/mol. The number of aromatic hydroxyl groups is 1. The number of rotatable bonds is 2. The van der Waals surface area contributed by atoms with Gasteiger partial charge in [-0.3, -0.25) is 0 Å². The number of benzene rings is 1. The molecule has 0 aliphatic rings. The van der Waals surface area contributed by atoms with E-state index in [1.54, 1.807) is 0 Å². The molecule has 0 fully saturated rings. The fourth-order valence-electron chi connectivity index (χ4n) is 0.741. The molecule has 0 unspecified atom stereocenters. The summed E-state index contributed by atoms with van der Waals surface area (Å²) in [4.78, 5) is 11.0. The lowest BCUT2D eigenvalue weighted by molar-refractivity contribution is 0.0664. The summed E-state index contributed by atoms with van der Waals surface area (Å²) < 4.78 is 4.51. The van der Waals surface area contributed by atoms with Crippen LogP contribution in [0.5, 0.6) is 5.75 Å². The van der Waals surface area contributed by atoms with E-state index in [2.05, 4.69) is 11.3 Å². The van der Waals surface area contributed by atoms with Crippen molar-refractivity contribution in [3.63, 3.8) is 0 Å². The number of hydrogen-bond acceptors (Lipinski definition) is 3. The second-order valence-corrected chi connectivity index (χ2v) is 2.12. The number of carbonyl (C=O) groups is 1. The zero-order chi connectivity index (χ0) is 8.97. The van der Waals surface area contributed by atoms with Crippen molar-refractivity contribution in [3.8, 4) is 5.75 Å². The number of hydrogen-bond donors (Lipinski definition) is 1. The van der Waals surface area contributed by atoms with E-state index in [-0.39, 0.29) is 5.75 Å². The number of ether oxygens (including phenoxy) is 1. The van der Waals surface area contributed by atoms with Gasteiger partial charge in [0.25, 0.3) is 0 Å². The van der Waals surface area contributed by atoms with Gasteiger partial charge in [0.15, 0.2) is 0 Å². The van der Waals surface area contributed by atoms with Crippen molar-refractivity contribution in [1.82, 2.24) is 0 Å². The highest BCUT2D eigenvalue weighted by atomic mass is 16.5. The first kappa shape index (κ1) is 8.33. The van der Waals surface area contributed by atoms with E-state index < -0.39 is 5.97 Å². The molecule has 0 aromatic heterocycles. The largest absolute Gasteiger partial charge is 0.508 e. The molecule has 3 heteroatoms. The molecule has 0 heterocycles. The summed E-state index contributed by atoms with van der Waals surface area (Å²) in [5.74, 6) is -0.366. The second kappa shape index (κ2) is 3.57. The van der Waals surface area contributed by atoms with Crippen LogP contribution < -0.4 is 0 Å². The summed E-state index contributed by atoms with van der Waals surface area (Å²) in [5.41, 5.74) is 0.382. The first-order valence-corrected chi connectivity index (χ1v) is 3.35. The van der Waals surface area contributed by atoms with Gasteiger partial charge in [-0.2, -0.15) is 0 Å². The minimum atomic E-state index is -0.481. The van der Waals surface area contributed by atoms with E-state index in [4.69, 9.17) is 5.11 Å². The van der Waals surface area contributed by atoms with Crippen LogP contribution in [-0.2, 0) is 4.74 Å². The average molecular weight is 164 g/mol. The molecular weight excluding hydrogens is 156 g/mol. The third-order valence-electron chi connectivity index (χ3n) is 1.29. The third kappa shape index (κ3) is 1.85. The zero-order valence-electron chi connectivity index (χ0n) is 6.36. The Morgan fingerprint density at radius 3 is 2.50 bits per heavy atom. The fourth-order valence-corrected chi connectivity index (χ4v) is 0.741. The van der Waals surface area contributed by atoms with Crippen molar-refractivity contribution in [3.05, 3.63) is 42.7 Å². The lowest BCUT2D eigenvalue weighted by atomic mass is 10.2. The standard InChI is InChI=1S/C9H8O3/c1-2-12-9(11)7-3-5-8(10)6-4-7/h2-6,10H,1H2. The van der Waals surface area contributed by atoms with E-state index in [0.717, 1.165) is 6.26 Å². The number of carbonyl (C=O) groups excluding carboxylic acids is 1. The van der Waals surface area contributed by atoms with Crippen LogP contribution in [0, 0.1) is 0 Å². The molecule has 0 saturated carbocycles. The Morgan fingerprint density at radius 2 is 2.00 bits per heavy atom. The van der Waals surface area contributed by atoms with Crippen molar-refractivity contribution in [2.75, 3.05) is 0 Å². The summed E-state index contributed by atoms with van der Waals surface area (Å²) >= 11 is 0. The molecule has 0 atom stereocenters. The minimum Gasteiger partial charge on any atom is -0.508 e. The summed E-state index contributed by atoms with van der Waals surface area (Å²) in [5, 5.41) is 8.90. The van der Waals surface area contributed by atoms with Crippen LogP contribution in [0.15, 0.2) is 37.1 Å². The van der Waals surface area contributed by atoms with Gasteiger partial charge < -0.3 is 9.84 Å². The fraction of sp³-hybridized carbons (Fsp3) is 0. The number of phenols is 1. The van der Waals surface area contributed by atoms with Crippen molar-refractivity contribution < 1.29 is 14.6 Å². The normalized spacial score (nSPS) is 9.00. The Hall–Kier alpha value is -1.77. The summed E-state index contributed by atoms with van der Waals surface area (Å²) in [6, 6.07) is 5.78. The summed E-state index contributed by atoms with van der Waals surface area (Å²) in [6.45, 7) is 3.25. The van der Waals surface area contributed by atoms with Gasteiger partial charge in [-0.25, -0.2) is 4.79 Å². The van der Waals surface area contributed by atoms with Crippen LogP contribution >= 0.6 is 0 Å². The van der Waals surface area contributed by atoms with Crippen molar-refractivity contribution in [2.24, 2.45) is 0 Å². The predicted octanol–water partition coefficient (Wildman–Crippen LogP) is 1.69. The maximum absolute atomic E-state index is 11.0. The molecular formula is C9H8O3. The molecule has 0 saturated heterocycles. The van der Waals surface area contributed by atoms with Crippen LogP contribution in [0.2, 0.25) is 0 Å². The molecule has 1 aromatic rings. The summed E-state index contributed by atoms with van der Waals surface area (Å²) in [6.07, 6.45) is 1.06. The van der Waals surface area contributed by atoms with Gasteiger partial charge in [0.05, 0.1) is 11.8 Å². The number of phenolic OH excluding ortho intramolecular Hbond substituents is 1. The van der Waals surface area contributed by atoms with Gasteiger partial charge in [0.1, 0.15) is 5.75 Å². The molecule has 1 rings (SSSR count). The van der Waals surface area contributed by atoms with Crippen LogP contribution in [0.4, 0.5) is 0 Å². The van der Waals surface area contributed by atoms with Gasteiger partial charge in [0, 0.05) is 0 Å². The Kier molecular flexibility index (Phi) is 2.48. The van der Waals surface area contributed by atoms with Gasteiger partial charge in [-0.15, -0.1) is 0 Å². The van der Waals surface area contributed by atoms with E-state index >= 15 is 0 Å². The van der Waals surface area contributed by atoms with E-state index in [1.165, 1.54) is 24.3 Å². The Bertz CT molecular complexity index is 287. The van der Waals surface area contributed by atoms with Crippen LogP contribution in [0.1, 0.15) is 10.4 Å². The Morgan fingerprint density at radius 1 is 1.42 bits per heavy atom. The highest BCUT2D eigenvalue weighted by Crippen LogP contribution is 2.10. The smallest absolute Gasteiger partial charge is 0.342 e. The van der Waals surface area contributed by atoms with Gasteiger partial charge in [0.2, 0.25) is 0 Å². The van der Waals surface area contributed by atoms with Crippen LogP contribution in [0.3, 0.4) is 0 Å². The molecule has 1 N–H and O–H groups in total. The molecule has 3 nitrogen and oxygen atoms in total. The molecule has 1 aromatic carbocycles. The third-order valence-corrected chi connectivity index (χ3v) is 1.29. The molecule has 0 bridgehead atoms. The van der Waals surface area contributed by atoms with Gasteiger partial charge >= 0.3 is 5.97 Å². The van der Waals surface area contributed by atoms with E-state index in [1.807, 2.05) is 0 Å². The maximum atomic E-state index is 11.0. The minimum absolute atomic E-state index is 0.116. The maximum Gasteiger partial charge on any atom is 0.342 e. The lowest BCUT2D eigenvalue weighted by Crippen LogP contribution is -1.98. The molecule has 62 valence electrons. The first-order chi connectivity index (χ1) is 5.74. The van der Waals surface area contributed by atoms with Crippen LogP contribution in [0.25, 0.3) is 0 Å². The van der Waals surface area contributed by atoms with Crippen molar-refractivity contribution >= 4 is 5.97 Å². The SMILES string of the molecule is C=COC(=O)c1ccc(O)cc1.